The molecule has 0 heterocycles. The van der Waals surface area contributed by atoms with E-state index in [1.54, 1.807) is 0 Å². The summed E-state index contributed by atoms with van der Waals surface area (Å²) in [4.78, 5) is 0. The van der Waals surface area contributed by atoms with E-state index in [-0.39, 0.29) is 0 Å². The third kappa shape index (κ3) is 2.55. The van der Waals surface area contributed by atoms with E-state index in [4.69, 9.17) is 0 Å². The number of hydrogen-bond acceptors (Lipinski definition) is 1. The molecule has 0 saturated heterocycles. The van der Waals surface area contributed by atoms with Gasteiger partial charge in [-0.05, 0) is 0 Å². The normalized spacial score (nSPS) is 9.83. The molecule has 0 aliphatic carbocycles. The maximum absolute atomic E-state index is 10.4. The average molecular weight is 153 g/mol. The Morgan fingerprint density at radius 3 is 1.67 bits per heavy atom. The Bertz CT molecular complexity index is 45.5. The third-order valence-corrected chi connectivity index (χ3v) is 3.35. The second-order valence-electron chi connectivity index (χ2n) is 1.02. The molecule has 0 bridgehead atoms. The van der Waals surface area contributed by atoms with Gasteiger partial charge in [0.2, 0.25) is 0 Å². The van der Waals surface area contributed by atoms with Gasteiger partial charge in [-0.15, -0.1) is 0 Å². The maximum atomic E-state index is 10.4. The quantitative estimate of drug-likeness (QED) is 0.548. The fourth-order valence-electron chi connectivity index (χ4n) is 0.204. The molecule has 6 heavy (non-hydrogen) atoms. The van der Waals surface area contributed by atoms with Gasteiger partial charge in [-0.1, -0.05) is 0 Å². The van der Waals surface area contributed by atoms with E-state index in [2.05, 4.69) is 0 Å². The second-order valence-corrected chi connectivity index (χ2v) is 5.29. The van der Waals surface area contributed by atoms with E-state index in [1.807, 2.05) is 13.8 Å². The monoisotopic (exact) mass is 154 g/mol. The molecule has 0 N–H and O–H groups in total. The predicted molar refractivity (Wildman–Crippen MR) is 27.4 cm³/mol. The predicted octanol–water partition coefficient (Wildman–Crippen LogP) is 1.45. The number of hydrogen-bond donors (Lipinski definition) is 0. The minimum absolute atomic E-state index is 0.899. The summed E-state index contributed by atoms with van der Waals surface area (Å²) < 4.78 is 10.4. The van der Waals surface area contributed by atoms with Gasteiger partial charge in [0.05, 0.1) is 0 Å². The van der Waals surface area contributed by atoms with E-state index in [1.165, 1.54) is 0 Å². The molecule has 0 spiro atoms. The van der Waals surface area contributed by atoms with Crippen molar-refractivity contribution >= 4 is 13.8 Å². The Kier molecular flexibility index (Phi) is 3.69. The first-order valence-corrected chi connectivity index (χ1v) is 5.28. The Labute approximate surface area is 42.8 Å². The van der Waals surface area contributed by atoms with Gasteiger partial charge in [0.15, 0.2) is 0 Å². The molecule has 38 valence electrons. The fourth-order valence-corrected chi connectivity index (χ4v) is 1.06. The van der Waals surface area contributed by atoms with Crippen molar-refractivity contribution in [3.8, 4) is 0 Å². The van der Waals surface area contributed by atoms with E-state index in [0.29, 0.717) is 0 Å². The summed E-state index contributed by atoms with van der Waals surface area (Å²) in [5.74, 6) is 0. The first kappa shape index (κ1) is 6.32. The molecule has 0 aromatic carbocycles. The summed E-state index contributed by atoms with van der Waals surface area (Å²) in [6.45, 7) is 3.95. The molecular formula is C4H10OSe. The van der Waals surface area contributed by atoms with Gasteiger partial charge in [-0.25, -0.2) is 0 Å². The Morgan fingerprint density at radius 2 is 1.67 bits per heavy atom. The Balaban J connectivity index is 2.99. The molecule has 0 atom stereocenters. The molecule has 0 saturated carbocycles. The number of rotatable bonds is 2. The van der Waals surface area contributed by atoms with Crippen molar-refractivity contribution < 1.29 is 3.83 Å². The van der Waals surface area contributed by atoms with E-state index in [0.717, 1.165) is 10.6 Å². The molecule has 0 radical (unpaired) electrons. The van der Waals surface area contributed by atoms with Crippen LogP contribution in [0.3, 0.4) is 0 Å². The molecule has 1 nitrogen and oxygen atoms in total. The minimum atomic E-state index is -1.30. The van der Waals surface area contributed by atoms with Crippen molar-refractivity contribution in [2.24, 2.45) is 0 Å². The van der Waals surface area contributed by atoms with Crippen molar-refractivity contribution in [3.05, 3.63) is 0 Å². The molecule has 0 rings (SSSR count). The molecule has 0 aromatic rings. The summed E-state index contributed by atoms with van der Waals surface area (Å²) >= 11 is -1.30. The molecule has 0 aliphatic rings. The van der Waals surface area contributed by atoms with E-state index >= 15 is 0 Å². The summed E-state index contributed by atoms with van der Waals surface area (Å²) in [5.41, 5.74) is 0. The van der Waals surface area contributed by atoms with Crippen LogP contribution in [0.4, 0.5) is 0 Å². The third-order valence-electron chi connectivity index (χ3n) is 0.644. The molecule has 0 aliphatic heterocycles. The van der Waals surface area contributed by atoms with Crippen LogP contribution in [0, 0.1) is 0 Å². The van der Waals surface area contributed by atoms with Gasteiger partial charge >= 0.3 is 42.2 Å². The van der Waals surface area contributed by atoms with Crippen molar-refractivity contribution in [2.75, 3.05) is 0 Å². The SMILES string of the molecule is CC[Se](=O)CC. The zero-order valence-electron chi connectivity index (χ0n) is 4.23. The molecule has 2 heteroatoms. The first-order valence-electron chi connectivity index (χ1n) is 2.16. The molecule has 0 aromatic heterocycles. The van der Waals surface area contributed by atoms with Crippen LogP contribution in [0.25, 0.3) is 0 Å². The Morgan fingerprint density at radius 1 is 1.33 bits per heavy atom. The average Bonchev–Trinajstić information content (AvgIpc) is 1.65. The van der Waals surface area contributed by atoms with E-state index in [9.17, 15) is 3.83 Å². The zero-order valence-corrected chi connectivity index (χ0v) is 5.94. The molecule has 0 fully saturated rings. The van der Waals surface area contributed by atoms with Crippen LogP contribution in [0.2, 0.25) is 10.6 Å². The van der Waals surface area contributed by atoms with Crippen molar-refractivity contribution in [1.29, 1.82) is 0 Å². The topological polar surface area (TPSA) is 17.1 Å². The van der Waals surface area contributed by atoms with Crippen LogP contribution in [-0.4, -0.2) is 13.8 Å². The van der Waals surface area contributed by atoms with Crippen LogP contribution in [-0.2, 0) is 3.83 Å². The van der Waals surface area contributed by atoms with Gasteiger partial charge in [0.25, 0.3) is 0 Å². The van der Waals surface area contributed by atoms with Crippen LogP contribution < -0.4 is 0 Å². The van der Waals surface area contributed by atoms with Gasteiger partial charge in [-0.3, -0.25) is 0 Å². The summed E-state index contributed by atoms with van der Waals surface area (Å²) in [7, 11) is 0. The molecule has 0 unspecified atom stereocenters. The molecule has 0 amide bonds. The van der Waals surface area contributed by atoms with Gasteiger partial charge in [0.1, 0.15) is 0 Å². The van der Waals surface area contributed by atoms with Crippen LogP contribution in [0.5, 0.6) is 0 Å². The summed E-state index contributed by atoms with van der Waals surface area (Å²) in [5, 5.41) is 1.80. The van der Waals surface area contributed by atoms with Crippen molar-refractivity contribution in [2.45, 2.75) is 24.5 Å². The zero-order chi connectivity index (χ0) is 4.99. The molecular weight excluding hydrogens is 143 g/mol. The van der Waals surface area contributed by atoms with Crippen LogP contribution in [0.1, 0.15) is 13.8 Å². The first-order chi connectivity index (χ1) is 2.81. The van der Waals surface area contributed by atoms with Crippen LogP contribution in [0.15, 0.2) is 0 Å². The van der Waals surface area contributed by atoms with Gasteiger partial charge in [0, 0.05) is 0 Å². The van der Waals surface area contributed by atoms with Crippen molar-refractivity contribution in [1.82, 2.24) is 0 Å². The fraction of sp³-hybridized carbons (Fsp3) is 1.00. The second kappa shape index (κ2) is 3.51. The summed E-state index contributed by atoms with van der Waals surface area (Å²) in [6.07, 6.45) is 0. The van der Waals surface area contributed by atoms with Crippen molar-refractivity contribution in [3.63, 3.8) is 0 Å². The van der Waals surface area contributed by atoms with Gasteiger partial charge in [-0.2, -0.15) is 0 Å². The van der Waals surface area contributed by atoms with Gasteiger partial charge < -0.3 is 0 Å². The van der Waals surface area contributed by atoms with Crippen LogP contribution >= 0.6 is 0 Å². The standard InChI is InChI=1S/C4H10OSe/c1-3-6(5)4-2/h3-4H2,1-2H3. The summed E-state index contributed by atoms with van der Waals surface area (Å²) in [6, 6.07) is 0. The van der Waals surface area contributed by atoms with E-state index < -0.39 is 13.8 Å². The Hall–Kier alpha value is 0.319.